The second-order valence-electron chi connectivity index (χ2n) is 5.99. The summed E-state index contributed by atoms with van der Waals surface area (Å²) in [5.74, 6) is 1.84. The Balaban J connectivity index is 1.78. The molecular formula is C18H21N5O4. The van der Waals surface area contributed by atoms with Crippen LogP contribution in [-0.2, 0) is 0 Å². The first-order valence-corrected chi connectivity index (χ1v) is 8.53. The zero-order valence-electron chi connectivity index (χ0n) is 15.2. The summed E-state index contributed by atoms with van der Waals surface area (Å²) < 4.78 is 11.0. The van der Waals surface area contributed by atoms with Crippen molar-refractivity contribution in [2.75, 3.05) is 37.6 Å². The van der Waals surface area contributed by atoms with Crippen LogP contribution < -0.4 is 19.8 Å². The molecule has 1 aliphatic heterocycles. The van der Waals surface area contributed by atoms with E-state index in [9.17, 15) is 10.1 Å². The molecular weight excluding hydrogens is 350 g/mol. The standard InChI is InChI=1S/C18H21N5O4/c1-26-16-10-15(22-7-3-4-8-22)17(27-2)9-13(16)11-20-21-18-6-5-14(12-19-18)23(24)25/h5-6,9-12H,3-4,7-8H2,1-2H3,(H,19,21)/b20-11-. The Labute approximate surface area is 156 Å². The number of hydrogen-bond acceptors (Lipinski definition) is 8. The number of hydrogen-bond donors (Lipinski definition) is 1. The summed E-state index contributed by atoms with van der Waals surface area (Å²) in [4.78, 5) is 16.4. The number of methoxy groups -OCH3 is 2. The van der Waals surface area contributed by atoms with Gasteiger partial charge in [0.2, 0.25) is 0 Å². The lowest BCUT2D eigenvalue weighted by atomic mass is 10.1. The molecule has 1 N–H and O–H groups in total. The fourth-order valence-corrected chi connectivity index (χ4v) is 2.94. The number of nitrogens with zero attached hydrogens (tertiary/aromatic N) is 4. The zero-order chi connectivity index (χ0) is 19.2. The van der Waals surface area contributed by atoms with Crippen molar-refractivity contribution in [1.29, 1.82) is 0 Å². The average molecular weight is 371 g/mol. The largest absolute Gasteiger partial charge is 0.496 e. The van der Waals surface area contributed by atoms with Gasteiger partial charge in [-0.25, -0.2) is 4.98 Å². The number of hydrazone groups is 1. The Hall–Kier alpha value is -3.36. The highest BCUT2D eigenvalue weighted by Gasteiger charge is 2.19. The van der Waals surface area contributed by atoms with Crippen molar-refractivity contribution < 1.29 is 14.4 Å². The second-order valence-corrected chi connectivity index (χ2v) is 5.99. The van der Waals surface area contributed by atoms with Crippen molar-refractivity contribution in [3.05, 3.63) is 46.1 Å². The molecule has 1 aromatic carbocycles. The maximum Gasteiger partial charge on any atom is 0.287 e. The summed E-state index contributed by atoms with van der Waals surface area (Å²) in [6.45, 7) is 2.00. The highest BCUT2D eigenvalue weighted by atomic mass is 16.6. The Bertz CT molecular complexity index is 832. The minimum absolute atomic E-state index is 0.0755. The Morgan fingerprint density at radius 3 is 2.56 bits per heavy atom. The van der Waals surface area contributed by atoms with Crippen LogP contribution in [0.4, 0.5) is 17.2 Å². The molecule has 142 valence electrons. The van der Waals surface area contributed by atoms with Crippen LogP contribution in [0.3, 0.4) is 0 Å². The monoisotopic (exact) mass is 371 g/mol. The third-order valence-electron chi connectivity index (χ3n) is 4.32. The van der Waals surface area contributed by atoms with Gasteiger partial charge < -0.3 is 14.4 Å². The number of benzene rings is 1. The maximum absolute atomic E-state index is 10.7. The lowest BCUT2D eigenvalue weighted by Crippen LogP contribution is -2.18. The number of rotatable bonds is 7. The van der Waals surface area contributed by atoms with E-state index >= 15 is 0 Å². The van der Waals surface area contributed by atoms with Crippen LogP contribution >= 0.6 is 0 Å². The van der Waals surface area contributed by atoms with Gasteiger partial charge in [-0.1, -0.05) is 0 Å². The normalized spacial score (nSPS) is 13.8. The van der Waals surface area contributed by atoms with E-state index < -0.39 is 4.92 Å². The minimum Gasteiger partial charge on any atom is -0.496 e. The van der Waals surface area contributed by atoms with Gasteiger partial charge in [-0.15, -0.1) is 0 Å². The van der Waals surface area contributed by atoms with Gasteiger partial charge in [-0.3, -0.25) is 15.5 Å². The number of nitro groups is 1. The first kappa shape index (κ1) is 18.4. The first-order valence-electron chi connectivity index (χ1n) is 8.53. The minimum atomic E-state index is -0.501. The molecule has 9 heteroatoms. The van der Waals surface area contributed by atoms with E-state index in [2.05, 4.69) is 20.4 Å². The lowest BCUT2D eigenvalue weighted by Gasteiger charge is -2.22. The molecule has 3 rings (SSSR count). The zero-order valence-corrected chi connectivity index (χ0v) is 15.2. The number of nitrogens with one attached hydrogen (secondary N) is 1. The summed E-state index contributed by atoms with van der Waals surface area (Å²) >= 11 is 0. The van der Waals surface area contributed by atoms with Gasteiger partial charge in [0, 0.05) is 30.8 Å². The van der Waals surface area contributed by atoms with Crippen molar-refractivity contribution in [2.45, 2.75) is 12.8 Å². The summed E-state index contributed by atoms with van der Waals surface area (Å²) in [5, 5.41) is 14.8. The second kappa shape index (κ2) is 8.35. The average Bonchev–Trinajstić information content (AvgIpc) is 3.22. The first-order chi connectivity index (χ1) is 13.1. The van der Waals surface area contributed by atoms with Gasteiger partial charge in [0.05, 0.1) is 31.0 Å². The molecule has 0 saturated carbocycles. The summed E-state index contributed by atoms with van der Waals surface area (Å²) in [7, 11) is 3.25. The molecule has 0 amide bonds. The predicted molar refractivity (Wildman–Crippen MR) is 103 cm³/mol. The van der Waals surface area contributed by atoms with E-state index in [4.69, 9.17) is 9.47 Å². The molecule has 2 heterocycles. The van der Waals surface area contributed by atoms with Gasteiger partial charge in [0.1, 0.15) is 23.5 Å². The van der Waals surface area contributed by atoms with E-state index in [1.807, 2.05) is 12.1 Å². The van der Waals surface area contributed by atoms with E-state index in [1.54, 1.807) is 20.4 Å². The van der Waals surface area contributed by atoms with Crippen molar-refractivity contribution in [2.24, 2.45) is 5.10 Å². The van der Waals surface area contributed by atoms with Crippen LogP contribution in [0.2, 0.25) is 0 Å². The molecule has 1 aromatic heterocycles. The van der Waals surface area contributed by atoms with Gasteiger partial charge in [-0.05, 0) is 25.0 Å². The predicted octanol–water partition coefficient (Wildman–Crippen LogP) is 3.05. The van der Waals surface area contributed by atoms with Crippen LogP contribution in [0.1, 0.15) is 18.4 Å². The van der Waals surface area contributed by atoms with Crippen LogP contribution in [0.15, 0.2) is 35.6 Å². The van der Waals surface area contributed by atoms with Gasteiger partial charge in [0.25, 0.3) is 5.69 Å². The van der Waals surface area contributed by atoms with Crippen molar-refractivity contribution >= 4 is 23.4 Å². The molecule has 1 fully saturated rings. The van der Waals surface area contributed by atoms with Crippen LogP contribution in [0.25, 0.3) is 0 Å². The summed E-state index contributed by atoms with van der Waals surface area (Å²) in [6.07, 6.45) is 5.10. The molecule has 0 bridgehead atoms. The fourth-order valence-electron chi connectivity index (χ4n) is 2.94. The molecule has 2 aromatic rings. The topological polar surface area (TPSA) is 102 Å². The van der Waals surface area contributed by atoms with Gasteiger partial charge in [0.15, 0.2) is 0 Å². The van der Waals surface area contributed by atoms with Crippen LogP contribution in [0.5, 0.6) is 11.5 Å². The smallest absolute Gasteiger partial charge is 0.287 e. The fraction of sp³-hybridized carbons (Fsp3) is 0.333. The number of pyridine rings is 1. The molecule has 1 aliphatic rings. The van der Waals surface area contributed by atoms with E-state index in [0.29, 0.717) is 11.6 Å². The van der Waals surface area contributed by atoms with Gasteiger partial charge in [-0.2, -0.15) is 5.10 Å². The van der Waals surface area contributed by atoms with Crippen LogP contribution in [-0.4, -0.2) is 43.4 Å². The van der Waals surface area contributed by atoms with Gasteiger partial charge >= 0.3 is 0 Å². The number of anilines is 2. The maximum atomic E-state index is 10.7. The quantitative estimate of drug-likeness (QED) is 0.453. The van der Waals surface area contributed by atoms with E-state index in [-0.39, 0.29) is 5.69 Å². The molecule has 0 atom stereocenters. The summed E-state index contributed by atoms with van der Waals surface area (Å²) in [5.41, 5.74) is 4.42. The highest BCUT2D eigenvalue weighted by molar-refractivity contribution is 5.87. The Kier molecular flexibility index (Phi) is 5.70. The number of aromatic nitrogens is 1. The SMILES string of the molecule is COc1cc(N2CCCC2)c(OC)cc1/C=N\Nc1ccc([N+](=O)[O-])cn1. The molecule has 9 nitrogen and oxygen atoms in total. The van der Waals surface area contributed by atoms with E-state index in [1.165, 1.54) is 31.2 Å². The lowest BCUT2D eigenvalue weighted by molar-refractivity contribution is -0.385. The Morgan fingerprint density at radius 2 is 1.96 bits per heavy atom. The Morgan fingerprint density at radius 1 is 1.22 bits per heavy atom. The van der Waals surface area contributed by atoms with Crippen molar-refractivity contribution in [1.82, 2.24) is 4.98 Å². The molecule has 0 radical (unpaired) electrons. The molecule has 27 heavy (non-hydrogen) atoms. The summed E-state index contributed by atoms with van der Waals surface area (Å²) in [6, 6.07) is 6.68. The van der Waals surface area contributed by atoms with E-state index in [0.717, 1.165) is 30.1 Å². The highest BCUT2D eigenvalue weighted by Crippen LogP contribution is 2.36. The molecule has 0 aliphatic carbocycles. The van der Waals surface area contributed by atoms with Crippen molar-refractivity contribution in [3.63, 3.8) is 0 Å². The van der Waals surface area contributed by atoms with Crippen molar-refractivity contribution in [3.8, 4) is 11.5 Å². The molecule has 0 spiro atoms. The third-order valence-corrected chi connectivity index (χ3v) is 4.32. The third kappa shape index (κ3) is 4.25. The molecule has 0 unspecified atom stereocenters. The number of ether oxygens (including phenoxy) is 2. The van der Waals surface area contributed by atoms with Crippen LogP contribution in [0, 0.1) is 10.1 Å². The molecule has 1 saturated heterocycles.